The normalized spacial score (nSPS) is 10.5. The van der Waals surface area contributed by atoms with Gasteiger partial charge in [0.15, 0.2) is 5.82 Å². The van der Waals surface area contributed by atoms with E-state index in [-0.39, 0.29) is 0 Å². The van der Waals surface area contributed by atoms with Gasteiger partial charge in [0.1, 0.15) is 5.69 Å². The molecule has 0 amide bonds. The van der Waals surface area contributed by atoms with Crippen LogP contribution in [0.25, 0.3) is 11.6 Å². The van der Waals surface area contributed by atoms with E-state index in [9.17, 15) is 0 Å². The molecule has 6 nitrogen and oxygen atoms in total. The molecule has 3 heterocycles. The van der Waals surface area contributed by atoms with Crippen LogP contribution in [0.15, 0.2) is 47.4 Å². The molecule has 0 saturated carbocycles. The summed E-state index contributed by atoms with van der Waals surface area (Å²) in [6.07, 6.45) is 5.63. The predicted octanol–water partition coefficient (Wildman–Crippen LogP) is 1.70. The van der Waals surface area contributed by atoms with Gasteiger partial charge in [-0.15, -0.1) is 0 Å². The first-order valence-corrected chi connectivity index (χ1v) is 5.74. The van der Waals surface area contributed by atoms with Crippen molar-refractivity contribution in [1.82, 2.24) is 20.1 Å². The van der Waals surface area contributed by atoms with Crippen molar-refractivity contribution >= 4 is 5.69 Å². The zero-order valence-corrected chi connectivity index (χ0v) is 10.0. The SMILES string of the molecule is Nc1ccc(-c2nc(Cc3cccnc3)no2)nc1. The van der Waals surface area contributed by atoms with Gasteiger partial charge in [-0.3, -0.25) is 4.98 Å². The molecule has 3 aromatic rings. The fourth-order valence-electron chi connectivity index (χ4n) is 1.65. The van der Waals surface area contributed by atoms with Crippen LogP contribution in [0.2, 0.25) is 0 Å². The highest BCUT2D eigenvalue weighted by Gasteiger charge is 2.10. The summed E-state index contributed by atoms with van der Waals surface area (Å²) in [5.41, 5.74) is 7.81. The first kappa shape index (κ1) is 11.3. The van der Waals surface area contributed by atoms with Crippen molar-refractivity contribution in [1.29, 1.82) is 0 Å². The number of hydrogen-bond donors (Lipinski definition) is 1. The lowest BCUT2D eigenvalue weighted by molar-refractivity contribution is 0.422. The number of hydrogen-bond acceptors (Lipinski definition) is 6. The van der Waals surface area contributed by atoms with E-state index in [1.165, 1.54) is 0 Å². The highest BCUT2D eigenvalue weighted by Crippen LogP contribution is 2.16. The average Bonchev–Trinajstić information content (AvgIpc) is 2.89. The first-order valence-electron chi connectivity index (χ1n) is 5.74. The molecule has 0 unspecified atom stereocenters. The second kappa shape index (κ2) is 4.85. The van der Waals surface area contributed by atoms with Crippen molar-refractivity contribution in [3.8, 4) is 11.6 Å². The van der Waals surface area contributed by atoms with Crippen molar-refractivity contribution in [2.45, 2.75) is 6.42 Å². The van der Waals surface area contributed by atoms with Gasteiger partial charge in [0.25, 0.3) is 5.89 Å². The Morgan fingerprint density at radius 2 is 2.11 bits per heavy atom. The second-order valence-corrected chi connectivity index (χ2v) is 4.03. The molecular formula is C13H11N5O. The molecule has 6 heteroatoms. The summed E-state index contributed by atoms with van der Waals surface area (Å²) in [5, 5.41) is 3.93. The molecule has 19 heavy (non-hydrogen) atoms. The number of nitrogens with zero attached hydrogens (tertiary/aromatic N) is 4. The summed E-state index contributed by atoms with van der Waals surface area (Å²) >= 11 is 0. The van der Waals surface area contributed by atoms with Gasteiger partial charge >= 0.3 is 0 Å². The van der Waals surface area contributed by atoms with Crippen molar-refractivity contribution in [3.63, 3.8) is 0 Å². The lowest BCUT2D eigenvalue weighted by Gasteiger charge is -1.94. The van der Waals surface area contributed by atoms with E-state index in [0.717, 1.165) is 5.56 Å². The third kappa shape index (κ3) is 2.57. The highest BCUT2D eigenvalue weighted by atomic mass is 16.5. The minimum absolute atomic E-state index is 0.388. The molecule has 0 saturated heterocycles. The maximum Gasteiger partial charge on any atom is 0.276 e. The number of nitrogens with two attached hydrogens (primary N) is 1. The van der Waals surface area contributed by atoms with E-state index in [1.54, 1.807) is 30.7 Å². The van der Waals surface area contributed by atoms with E-state index < -0.39 is 0 Å². The van der Waals surface area contributed by atoms with E-state index >= 15 is 0 Å². The van der Waals surface area contributed by atoms with Crippen LogP contribution in [0.5, 0.6) is 0 Å². The molecule has 0 bridgehead atoms. The lowest BCUT2D eigenvalue weighted by Crippen LogP contribution is -1.92. The summed E-state index contributed by atoms with van der Waals surface area (Å²) in [7, 11) is 0. The predicted molar refractivity (Wildman–Crippen MR) is 69.0 cm³/mol. The van der Waals surface area contributed by atoms with Crippen molar-refractivity contribution in [3.05, 3.63) is 54.2 Å². The largest absolute Gasteiger partial charge is 0.397 e. The Kier molecular flexibility index (Phi) is 2.89. The van der Waals surface area contributed by atoms with Crippen LogP contribution in [0, 0.1) is 0 Å². The topological polar surface area (TPSA) is 90.7 Å². The van der Waals surface area contributed by atoms with Gasteiger partial charge in [0, 0.05) is 18.8 Å². The summed E-state index contributed by atoms with van der Waals surface area (Å²) in [4.78, 5) is 12.5. The minimum atomic E-state index is 0.388. The fourth-order valence-corrected chi connectivity index (χ4v) is 1.65. The number of anilines is 1. The van der Waals surface area contributed by atoms with Gasteiger partial charge in [-0.25, -0.2) is 4.98 Å². The van der Waals surface area contributed by atoms with Crippen molar-refractivity contribution in [2.24, 2.45) is 0 Å². The molecule has 0 atom stereocenters. The van der Waals surface area contributed by atoms with Gasteiger partial charge in [0.05, 0.1) is 11.9 Å². The zero-order chi connectivity index (χ0) is 13.1. The molecule has 0 aromatic carbocycles. The van der Waals surface area contributed by atoms with Crippen LogP contribution in [0.1, 0.15) is 11.4 Å². The Bertz CT molecular complexity index is 663. The van der Waals surface area contributed by atoms with Crippen LogP contribution in [0.4, 0.5) is 5.69 Å². The number of nitrogen functional groups attached to an aromatic ring is 1. The Morgan fingerprint density at radius 3 is 2.84 bits per heavy atom. The summed E-state index contributed by atoms with van der Waals surface area (Å²) in [6.45, 7) is 0. The van der Waals surface area contributed by atoms with Crippen molar-refractivity contribution in [2.75, 3.05) is 5.73 Å². The third-order valence-corrected chi connectivity index (χ3v) is 2.56. The smallest absolute Gasteiger partial charge is 0.276 e. The van der Waals surface area contributed by atoms with Crippen LogP contribution < -0.4 is 5.73 Å². The lowest BCUT2D eigenvalue weighted by atomic mass is 10.2. The zero-order valence-electron chi connectivity index (χ0n) is 10.0. The van der Waals surface area contributed by atoms with Crippen LogP contribution in [0.3, 0.4) is 0 Å². The molecule has 0 fully saturated rings. The van der Waals surface area contributed by atoms with E-state index in [2.05, 4.69) is 20.1 Å². The molecule has 3 rings (SSSR count). The van der Waals surface area contributed by atoms with Crippen LogP contribution >= 0.6 is 0 Å². The van der Waals surface area contributed by atoms with Crippen LogP contribution in [-0.4, -0.2) is 20.1 Å². The molecule has 0 spiro atoms. The first-order chi connectivity index (χ1) is 9.31. The monoisotopic (exact) mass is 253 g/mol. The van der Waals surface area contributed by atoms with Gasteiger partial charge in [-0.05, 0) is 23.8 Å². The molecular weight excluding hydrogens is 242 g/mol. The van der Waals surface area contributed by atoms with E-state index in [1.807, 2.05) is 12.1 Å². The molecule has 2 N–H and O–H groups in total. The summed E-state index contributed by atoms with van der Waals surface area (Å²) in [5.74, 6) is 0.987. The molecule has 94 valence electrons. The quantitative estimate of drug-likeness (QED) is 0.763. The van der Waals surface area contributed by atoms with Gasteiger partial charge in [-0.1, -0.05) is 11.2 Å². The van der Waals surface area contributed by atoms with Crippen LogP contribution in [-0.2, 0) is 6.42 Å². The van der Waals surface area contributed by atoms with Gasteiger partial charge < -0.3 is 10.3 Å². The van der Waals surface area contributed by atoms with Gasteiger partial charge in [0.2, 0.25) is 0 Å². The third-order valence-electron chi connectivity index (χ3n) is 2.56. The Labute approximate surface area is 109 Å². The van der Waals surface area contributed by atoms with Crippen molar-refractivity contribution < 1.29 is 4.52 Å². The Morgan fingerprint density at radius 1 is 1.16 bits per heavy atom. The number of rotatable bonds is 3. The highest BCUT2D eigenvalue weighted by molar-refractivity contribution is 5.50. The maximum atomic E-state index is 5.58. The number of aromatic nitrogens is 4. The standard InChI is InChI=1S/C13H11N5O/c14-10-3-4-11(16-8-10)13-17-12(18-19-13)6-9-2-1-5-15-7-9/h1-5,7-8H,6,14H2. The van der Waals surface area contributed by atoms with E-state index in [0.29, 0.717) is 29.5 Å². The fraction of sp³-hybridized carbons (Fsp3) is 0.0769. The van der Waals surface area contributed by atoms with Gasteiger partial charge in [-0.2, -0.15) is 4.98 Å². The second-order valence-electron chi connectivity index (χ2n) is 4.03. The molecule has 0 aliphatic heterocycles. The Balaban J connectivity index is 1.82. The van der Waals surface area contributed by atoms with E-state index in [4.69, 9.17) is 10.3 Å². The summed E-state index contributed by atoms with van der Waals surface area (Å²) < 4.78 is 5.18. The average molecular weight is 253 g/mol. The minimum Gasteiger partial charge on any atom is -0.397 e. The Hall–Kier alpha value is -2.76. The number of pyridine rings is 2. The summed E-state index contributed by atoms with van der Waals surface area (Å²) in [6, 6.07) is 7.33. The molecule has 0 aliphatic carbocycles. The molecule has 0 aliphatic rings. The molecule has 3 aromatic heterocycles. The molecule has 0 radical (unpaired) electrons. The maximum absolute atomic E-state index is 5.58.